The first-order valence-corrected chi connectivity index (χ1v) is 25.7. The Hall–Kier alpha value is -3.11. The molecule has 0 spiro atoms. The highest BCUT2D eigenvalue weighted by Crippen LogP contribution is 2.77. The van der Waals surface area contributed by atoms with Gasteiger partial charge in [-0.2, -0.15) is 0 Å². The first-order valence-electron chi connectivity index (χ1n) is 25.7. The van der Waals surface area contributed by atoms with Crippen molar-refractivity contribution in [1.29, 1.82) is 0 Å². The van der Waals surface area contributed by atoms with Crippen molar-refractivity contribution in [2.24, 2.45) is 73.4 Å². The number of piperidine rings is 1. The number of hydrogen-bond acceptors (Lipinski definition) is 9. The Labute approximate surface area is 391 Å². The number of carbonyl (C=O) groups is 5. The van der Waals surface area contributed by atoms with Crippen molar-refractivity contribution in [1.82, 2.24) is 10.2 Å². The fourth-order valence-electron chi connectivity index (χ4n) is 16.3. The number of hydrogen-bond donors (Lipinski definition) is 1. The highest BCUT2D eigenvalue weighted by atomic mass is 16.8. The molecule has 0 aromatic rings. The minimum absolute atomic E-state index is 0.00218. The summed E-state index contributed by atoms with van der Waals surface area (Å²) < 4.78 is 21.8. The van der Waals surface area contributed by atoms with Gasteiger partial charge < -0.3 is 29.2 Å². The van der Waals surface area contributed by atoms with Gasteiger partial charge in [-0.3, -0.25) is 19.2 Å². The van der Waals surface area contributed by atoms with E-state index in [9.17, 15) is 19.2 Å². The molecule has 1 aliphatic heterocycles. The van der Waals surface area contributed by atoms with Crippen molar-refractivity contribution in [3.63, 3.8) is 0 Å². The fraction of sp³-hybridized carbons (Fsp3) is 0.870. The summed E-state index contributed by atoms with van der Waals surface area (Å²) in [7, 11) is 0. The van der Waals surface area contributed by atoms with Crippen LogP contribution in [0.3, 0.4) is 0 Å². The predicted molar refractivity (Wildman–Crippen MR) is 250 cm³/mol. The van der Waals surface area contributed by atoms with E-state index in [0.717, 1.165) is 96.6 Å². The number of amides is 2. The van der Waals surface area contributed by atoms with Crippen molar-refractivity contribution >= 4 is 29.9 Å². The van der Waals surface area contributed by atoms with Gasteiger partial charge >= 0.3 is 18.1 Å². The van der Waals surface area contributed by atoms with Crippen LogP contribution in [0.5, 0.6) is 0 Å². The minimum Gasteiger partial charge on any atom is -0.462 e. The molecule has 366 valence electrons. The molecule has 13 atom stereocenters. The first-order chi connectivity index (χ1) is 30.2. The maximum atomic E-state index is 15.1. The SMILES string of the molecule is C=C(C)[C@@H]1CC[C@]2(C(=O)N[C@@H]3C[C@H](C(=O)N4CCCCC4)C3(C)C)CC[C@]3(C)[C@H](CC[C@@H]4[C@@]5(C)CC[C@H](OC(=O)CC(C)(C)C(=O)OC(C)OC(=O)OC(C)C)C(C)(C)[C@@H]5CC[C@]43C)[C@@H]12. The van der Waals surface area contributed by atoms with Gasteiger partial charge in [-0.15, -0.1) is 0 Å². The van der Waals surface area contributed by atoms with Crippen molar-refractivity contribution < 1.29 is 42.9 Å². The second-order valence-corrected chi connectivity index (χ2v) is 25.3. The van der Waals surface area contributed by atoms with Gasteiger partial charge in [0, 0.05) is 37.4 Å². The van der Waals surface area contributed by atoms with Crippen molar-refractivity contribution in [3.05, 3.63) is 12.2 Å². The molecule has 1 N–H and O–H groups in total. The zero-order chi connectivity index (χ0) is 47.9. The van der Waals surface area contributed by atoms with Gasteiger partial charge in [-0.25, -0.2) is 4.79 Å². The summed E-state index contributed by atoms with van der Waals surface area (Å²) in [4.78, 5) is 69.6. The number of esters is 2. The van der Waals surface area contributed by atoms with Crippen LogP contribution in [0.2, 0.25) is 0 Å². The molecule has 2 amide bonds. The molecule has 0 bridgehead atoms. The molecule has 7 fully saturated rings. The molecule has 7 rings (SSSR count). The topological polar surface area (TPSA) is 138 Å². The summed E-state index contributed by atoms with van der Waals surface area (Å²) in [5, 5.41) is 3.65. The minimum atomic E-state index is -1.20. The monoisotopic (exact) mass is 907 g/mol. The van der Waals surface area contributed by atoms with E-state index < -0.39 is 35.2 Å². The van der Waals surface area contributed by atoms with E-state index in [1.807, 2.05) is 0 Å². The van der Waals surface area contributed by atoms with Crippen LogP contribution >= 0.6 is 0 Å². The van der Waals surface area contributed by atoms with Crippen LogP contribution in [0.15, 0.2) is 12.2 Å². The van der Waals surface area contributed by atoms with Crippen LogP contribution in [-0.2, 0) is 38.1 Å². The largest absolute Gasteiger partial charge is 0.511 e. The summed E-state index contributed by atoms with van der Waals surface area (Å²) in [6.07, 6.45) is 11.2. The quantitative estimate of drug-likeness (QED) is 0.0929. The normalized spacial score (nSPS) is 39.8. The molecule has 11 heteroatoms. The number of nitrogens with one attached hydrogen (secondary N) is 1. The number of allylic oxidation sites excluding steroid dienone is 1. The Bertz CT molecular complexity index is 1880. The Morgan fingerprint density at radius 2 is 1.43 bits per heavy atom. The van der Waals surface area contributed by atoms with Gasteiger partial charge in [0.2, 0.25) is 18.1 Å². The van der Waals surface area contributed by atoms with E-state index in [0.29, 0.717) is 23.7 Å². The second-order valence-electron chi connectivity index (χ2n) is 25.3. The van der Waals surface area contributed by atoms with E-state index in [2.05, 4.69) is 72.2 Å². The third kappa shape index (κ3) is 8.36. The lowest BCUT2D eigenvalue weighted by Gasteiger charge is -2.73. The van der Waals surface area contributed by atoms with E-state index in [4.69, 9.17) is 18.9 Å². The summed E-state index contributed by atoms with van der Waals surface area (Å²) in [5.41, 5.74) is -0.763. The lowest BCUT2D eigenvalue weighted by Crippen LogP contribution is -2.68. The molecule has 6 saturated carbocycles. The Kier molecular flexibility index (Phi) is 13.4. The Morgan fingerprint density at radius 1 is 0.754 bits per heavy atom. The van der Waals surface area contributed by atoms with Crippen LogP contribution in [0, 0.1) is 73.4 Å². The van der Waals surface area contributed by atoms with Crippen LogP contribution < -0.4 is 5.32 Å². The van der Waals surface area contributed by atoms with E-state index >= 15 is 4.79 Å². The molecular formula is C54H86N2O9. The summed E-state index contributed by atoms with van der Waals surface area (Å²) in [5.74, 6) is 1.22. The molecule has 1 heterocycles. The van der Waals surface area contributed by atoms with Crippen molar-refractivity contribution in [3.8, 4) is 0 Å². The van der Waals surface area contributed by atoms with Gasteiger partial charge in [0.15, 0.2) is 0 Å². The summed E-state index contributed by atoms with van der Waals surface area (Å²) in [6.45, 7) is 33.3. The molecule has 0 aromatic carbocycles. The molecule has 1 unspecified atom stereocenters. The molecule has 1 saturated heterocycles. The van der Waals surface area contributed by atoms with Gasteiger partial charge in [0.25, 0.3) is 0 Å². The second kappa shape index (κ2) is 17.4. The van der Waals surface area contributed by atoms with Crippen LogP contribution in [0.1, 0.15) is 186 Å². The third-order valence-corrected chi connectivity index (χ3v) is 20.3. The molecule has 6 aliphatic carbocycles. The standard InChI is InChI=1S/C54H86N2O9/c1-32(2)35-20-25-54(45(59)55-40-30-37(49(40,8)9)44(58)56-28-16-15-17-29-56)27-26-52(13)36(43(35)54)18-19-39-51(12)23-22-41(50(10,11)38(51)21-24-53(39,52)14)65-42(57)31-48(6,7)46(60)63-34(5)64-47(61)62-33(3)4/h33-41,43H,1,15-31H2,2-14H3,(H,55,59)/t34?,35-,36+,37+,38-,39+,40+,41-,43+,51-,52+,53+,54-/m0/s1. The van der Waals surface area contributed by atoms with Gasteiger partial charge in [0.05, 0.1) is 23.4 Å². The molecule has 7 aliphatic rings. The lowest BCUT2D eigenvalue weighted by atomic mass is 9.32. The average Bonchev–Trinajstić information content (AvgIpc) is 3.61. The molecule has 65 heavy (non-hydrogen) atoms. The maximum Gasteiger partial charge on any atom is 0.511 e. The van der Waals surface area contributed by atoms with Crippen LogP contribution in [-0.4, -0.2) is 72.4 Å². The predicted octanol–water partition coefficient (Wildman–Crippen LogP) is 11.0. The number of likely N-dealkylation sites (tertiary alicyclic amines) is 1. The number of carbonyl (C=O) groups excluding carboxylic acids is 5. The van der Waals surface area contributed by atoms with E-state index in [-0.39, 0.29) is 75.4 Å². The third-order valence-electron chi connectivity index (χ3n) is 20.3. The average molecular weight is 907 g/mol. The highest BCUT2D eigenvalue weighted by Gasteiger charge is 2.72. The number of ether oxygens (including phenoxy) is 4. The van der Waals surface area contributed by atoms with Crippen LogP contribution in [0.4, 0.5) is 4.79 Å². The molecular weight excluding hydrogens is 821 g/mol. The number of rotatable bonds is 11. The zero-order valence-corrected chi connectivity index (χ0v) is 42.6. The molecule has 11 nitrogen and oxygen atoms in total. The Morgan fingerprint density at radius 3 is 2.06 bits per heavy atom. The van der Waals surface area contributed by atoms with Crippen LogP contribution in [0.25, 0.3) is 0 Å². The summed E-state index contributed by atoms with van der Waals surface area (Å²) >= 11 is 0. The molecule has 0 aromatic heterocycles. The fourth-order valence-corrected chi connectivity index (χ4v) is 16.3. The van der Waals surface area contributed by atoms with Crippen molar-refractivity contribution in [2.75, 3.05) is 13.1 Å². The number of fused-ring (bicyclic) bond motifs is 7. The lowest BCUT2D eigenvalue weighted by molar-refractivity contribution is -0.249. The van der Waals surface area contributed by atoms with Gasteiger partial charge in [-0.05, 0) is 176 Å². The Balaban J connectivity index is 1.03. The van der Waals surface area contributed by atoms with E-state index in [1.165, 1.54) is 18.9 Å². The number of nitrogens with zero attached hydrogens (tertiary/aromatic N) is 1. The smallest absolute Gasteiger partial charge is 0.462 e. The van der Waals surface area contributed by atoms with Crippen molar-refractivity contribution in [2.45, 2.75) is 211 Å². The maximum absolute atomic E-state index is 15.1. The summed E-state index contributed by atoms with van der Waals surface area (Å²) in [6, 6.07) is 0.00218. The van der Waals surface area contributed by atoms with Gasteiger partial charge in [-0.1, -0.05) is 60.6 Å². The van der Waals surface area contributed by atoms with Gasteiger partial charge in [0.1, 0.15) is 6.10 Å². The first kappa shape index (κ1) is 49.8. The zero-order valence-electron chi connectivity index (χ0n) is 42.6. The highest BCUT2D eigenvalue weighted by molar-refractivity contribution is 5.86. The molecule has 0 radical (unpaired) electrons. The van der Waals surface area contributed by atoms with E-state index in [1.54, 1.807) is 27.7 Å².